The van der Waals surface area contributed by atoms with Gasteiger partial charge in [-0.1, -0.05) is 6.07 Å². The minimum atomic E-state index is -0.329. The Labute approximate surface area is 154 Å². The molecule has 3 aromatic rings. The summed E-state index contributed by atoms with van der Waals surface area (Å²) in [6.45, 7) is 2.27. The van der Waals surface area contributed by atoms with Gasteiger partial charge in [-0.25, -0.2) is 9.37 Å². The number of rotatable bonds is 3. The molecule has 1 amide bonds. The summed E-state index contributed by atoms with van der Waals surface area (Å²) in [5, 5.41) is 0. The van der Waals surface area contributed by atoms with Crippen LogP contribution < -0.4 is 10.5 Å². The number of carbonyl (C=O) groups excluding carboxylic acids is 1. The number of benzene rings is 1. The van der Waals surface area contributed by atoms with E-state index in [4.69, 9.17) is 0 Å². The SMILES string of the molecule is Cc1cc(-c2cc(=O)[nH]c(CC(=O)N3CCc4c(F)cccc43)n2)ccn1. The fourth-order valence-corrected chi connectivity index (χ4v) is 3.33. The van der Waals surface area contributed by atoms with E-state index in [0.717, 1.165) is 11.3 Å². The van der Waals surface area contributed by atoms with Gasteiger partial charge in [0.1, 0.15) is 11.6 Å². The second-order valence-electron chi connectivity index (χ2n) is 6.47. The van der Waals surface area contributed by atoms with Crippen molar-refractivity contribution in [2.75, 3.05) is 11.4 Å². The van der Waals surface area contributed by atoms with Crippen molar-refractivity contribution in [3.8, 4) is 11.3 Å². The summed E-state index contributed by atoms with van der Waals surface area (Å²) in [5.74, 6) is -0.253. The number of carbonyl (C=O) groups is 1. The van der Waals surface area contributed by atoms with Gasteiger partial charge in [0.25, 0.3) is 5.56 Å². The Bertz CT molecular complexity index is 1090. The highest BCUT2D eigenvalue weighted by atomic mass is 19.1. The Morgan fingerprint density at radius 3 is 2.96 bits per heavy atom. The molecule has 2 aromatic heterocycles. The van der Waals surface area contributed by atoms with Gasteiger partial charge in [0.2, 0.25) is 5.91 Å². The molecule has 1 N–H and O–H groups in total. The van der Waals surface area contributed by atoms with Crippen molar-refractivity contribution in [2.24, 2.45) is 0 Å². The average Bonchev–Trinajstić information content (AvgIpc) is 3.07. The molecule has 7 heteroatoms. The molecule has 0 saturated carbocycles. The van der Waals surface area contributed by atoms with Gasteiger partial charge in [0.15, 0.2) is 0 Å². The number of aryl methyl sites for hydroxylation is 1. The van der Waals surface area contributed by atoms with Crippen LogP contribution in [0.15, 0.2) is 47.4 Å². The molecular weight excluding hydrogens is 347 g/mol. The Kier molecular flexibility index (Phi) is 4.27. The first-order chi connectivity index (χ1) is 13.0. The molecule has 1 aromatic carbocycles. The molecule has 1 aliphatic rings. The number of hydrogen-bond donors (Lipinski definition) is 1. The van der Waals surface area contributed by atoms with Crippen molar-refractivity contribution in [1.82, 2.24) is 15.0 Å². The van der Waals surface area contributed by atoms with E-state index in [2.05, 4.69) is 15.0 Å². The van der Waals surface area contributed by atoms with Crippen LogP contribution in [0, 0.1) is 12.7 Å². The largest absolute Gasteiger partial charge is 0.311 e. The Morgan fingerprint density at radius 2 is 2.15 bits per heavy atom. The van der Waals surface area contributed by atoms with E-state index >= 15 is 0 Å². The highest BCUT2D eigenvalue weighted by molar-refractivity contribution is 5.96. The quantitative estimate of drug-likeness (QED) is 0.774. The zero-order valence-corrected chi connectivity index (χ0v) is 14.7. The zero-order valence-electron chi connectivity index (χ0n) is 14.7. The molecule has 0 saturated heterocycles. The van der Waals surface area contributed by atoms with Crippen molar-refractivity contribution in [3.63, 3.8) is 0 Å². The summed E-state index contributed by atoms with van der Waals surface area (Å²) in [5.41, 5.74) is 2.86. The lowest BCUT2D eigenvalue weighted by atomic mass is 10.1. The van der Waals surface area contributed by atoms with E-state index in [1.807, 2.05) is 13.0 Å². The topological polar surface area (TPSA) is 79.0 Å². The third-order valence-corrected chi connectivity index (χ3v) is 4.57. The van der Waals surface area contributed by atoms with Crippen LogP contribution in [0.5, 0.6) is 0 Å². The summed E-state index contributed by atoms with van der Waals surface area (Å²) in [7, 11) is 0. The second-order valence-corrected chi connectivity index (χ2v) is 6.47. The minimum Gasteiger partial charge on any atom is -0.311 e. The molecule has 27 heavy (non-hydrogen) atoms. The second kappa shape index (κ2) is 6.75. The molecule has 6 nitrogen and oxygen atoms in total. The summed E-state index contributed by atoms with van der Waals surface area (Å²) < 4.78 is 13.9. The number of aromatic amines is 1. The maximum Gasteiger partial charge on any atom is 0.251 e. The van der Waals surface area contributed by atoms with E-state index in [1.165, 1.54) is 12.1 Å². The number of anilines is 1. The lowest BCUT2D eigenvalue weighted by Crippen LogP contribution is -2.31. The van der Waals surface area contributed by atoms with Gasteiger partial charge in [-0.05, 0) is 37.6 Å². The molecule has 0 atom stereocenters. The standard InChI is InChI=1S/C20H17FN4O2/c1-12-9-13(5-7-22-12)16-10-19(26)24-18(23-16)11-20(27)25-8-6-14-15(21)3-2-4-17(14)25/h2-5,7,9-10H,6,8,11H2,1H3,(H,23,24,26). The van der Waals surface area contributed by atoms with Gasteiger partial charge < -0.3 is 9.88 Å². The van der Waals surface area contributed by atoms with Crippen LogP contribution in [0.1, 0.15) is 17.1 Å². The number of amides is 1. The average molecular weight is 364 g/mol. The lowest BCUT2D eigenvalue weighted by Gasteiger charge is -2.17. The molecule has 136 valence electrons. The maximum atomic E-state index is 13.9. The van der Waals surface area contributed by atoms with Gasteiger partial charge >= 0.3 is 0 Å². The summed E-state index contributed by atoms with van der Waals surface area (Å²) in [4.78, 5) is 37.5. The van der Waals surface area contributed by atoms with Crippen LogP contribution >= 0.6 is 0 Å². The number of pyridine rings is 1. The van der Waals surface area contributed by atoms with Gasteiger partial charge in [0.05, 0.1) is 12.1 Å². The monoisotopic (exact) mass is 364 g/mol. The number of H-pyrrole nitrogens is 1. The number of nitrogens with zero attached hydrogens (tertiary/aromatic N) is 3. The van der Waals surface area contributed by atoms with Crippen molar-refractivity contribution >= 4 is 11.6 Å². The molecule has 0 radical (unpaired) electrons. The number of hydrogen-bond acceptors (Lipinski definition) is 4. The third-order valence-electron chi connectivity index (χ3n) is 4.57. The fourth-order valence-electron chi connectivity index (χ4n) is 3.33. The van der Waals surface area contributed by atoms with Crippen molar-refractivity contribution in [1.29, 1.82) is 0 Å². The minimum absolute atomic E-state index is 0.0664. The van der Waals surface area contributed by atoms with Crippen LogP contribution in [-0.2, 0) is 17.6 Å². The predicted octanol–water partition coefficient (Wildman–Crippen LogP) is 2.41. The smallest absolute Gasteiger partial charge is 0.251 e. The molecule has 0 fully saturated rings. The fraction of sp³-hybridized carbons (Fsp3) is 0.200. The van der Waals surface area contributed by atoms with Crippen LogP contribution in [-0.4, -0.2) is 27.4 Å². The Balaban J connectivity index is 1.62. The maximum absolute atomic E-state index is 13.9. The lowest BCUT2D eigenvalue weighted by molar-refractivity contribution is -0.118. The van der Waals surface area contributed by atoms with Crippen molar-refractivity contribution < 1.29 is 9.18 Å². The molecule has 4 rings (SSSR count). The Morgan fingerprint density at radius 1 is 1.30 bits per heavy atom. The molecular formula is C20H17FN4O2. The number of nitrogens with one attached hydrogen (secondary N) is 1. The van der Waals surface area contributed by atoms with E-state index in [-0.39, 0.29) is 29.5 Å². The molecule has 3 heterocycles. The first-order valence-corrected chi connectivity index (χ1v) is 8.62. The summed E-state index contributed by atoms with van der Waals surface area (Å²) >= 11 is 0. The van der Waals surface area contributed by atoms with Crippen molar-refractivity contribution in [2.45, 2.75) is 19.8 Å². The molecule has 0 bridgehead atoms. The number of halogens is 1. The molecule has 0 aliphatic carbocycles. The summed E-state index contributed by atoms with van der Waals surface area (Å²) in [6, 6.07) is 9.70. The Hall–Kier alpha value is -3.35. The highest BCUT2D eigenvalue weighted by Gasteiger charge is 2.27. The van der Waals surface area contributed by atoms with Gasteiger partial charge in [0, 0.05) is 41.3 Å². The van der Waals surface area contributed by atoms with Gasteiger partial charge in [-0.15, -0.1) is 0 Å². The van der Waals surface area contributed by atoms with Crippen LogP contribution in [0.2, 0.25) is 0 Å². The van der Waals surface area contributed by atoms with Crippen LogP contribution in [0.3, 0.4) is 0 Å². The third kappa shape index (κ3) is 3.36. The highest BCUT2D eigenvalue weighted by Crippen LogP contribution is 2.30. The predicted molar refractivity (Wildman–Crippen MR) is 99.0 cm³/mol. The first-order valence-electron chi connectivity index (χ1n) is 8.62. The molecule has 1 aliphatic heterocycles. The van der Waals surface area contributed by atoms with Crippen LogP contribution in [0.4, 0.5) is 10.1 Å². The summed E-state index contributed by atoms with van der Waals surface area (Å²) in [6.07, 6.45) is 2.06. The molecule has 0 unspecified atom stereocenters. The van der Waals surface area contributed by atoms with E-state index in [9.17, 15) is 14.0 Å². The normalized spacial score (nSPS) is 12.9. The van der Waals surface area contributed by atoms with E-state index in [1.54, 1.807) is 29.3 Å². The zero-order chi connectivity index (χ0) is 19.0. The van der Waals surface area contributed by atoms with Crippen molar-refractivity contribution in [3.05, 3.63) is 75.8 Å². The van der Waals surface area contributed by atoms with Gasteiger partial charge in [-0.2, -0.15) is 0 Å². The molecule has 0 spiro atoms. The van der Waals surface area contributed by atoms with E-state index < -0.39 is 0 Å². The number of aromatic nitrogens is 3. The van der Waals surface area contributed by atoms with Crippen LogP contribution in [0.25, 0.3) is 11.3 Å². The first kappa shape index (κ1) is 17.1. The van der Waals surface area contributed by atoms with Gasteiger partial charge in [-0.3, -0.25) is 14.6 Å². The van der Waals surface area contributed by atoms with E-state index in [0.29, 0.717) is 29.9 Å². The number of fused-ring (bicyclic) bond motifs is 1.